The number of piperidine rings is 1. The second kappa shape index (κ2) is 7.92. The minimum atomic E-state index is -4.37. The van der Waals surface area contributed by atoms with Crippen LogP contribution in [0.25, 0.3) is 0 Å². The summed E-state index contributed by atoms with van der Waals surface area (Å²) in [6, 6.07) is 4.17. The molecule has 1 atom stereocenters. The Labute approximate surface area is 148 Å². The molecule has 0 radical (unpaired) electrons. The zero-order valence-electron chi connectivity index (χ0n) is 13.3. The van der Waals surface area contributed by atoms with Gasteiger partial charge in [0.05, 0.1) is 10.7 Å². The molecule has 0 amide bonds. The van der Waals surface area contributed by atoms with Crippen molar-refractivity contribution in [3.8, 4) is 11.5 Å². The van der Waals surface area contributed by atoms with E-state index in [1.165, 1.54) is 26.4 Å². The van der Waals surface area contributed by atoms with Gasteiger partial charge in [-0.2, -0.15) is 13.2 Å². The zero-order valence-corrected chi connectivity index (χ0v) is 15.4. The minimum absolute atomic E-state index is 0.154. The molecule has 1 unspecified atom stereocenters. The molecule has 7 heteroatoms. The van der Waals surface area contributed by atoms with Crippen LogP contribution in [0.15, 0.2) is 12.1 Å². The summed E-state index contributed by atoms with van der Waals surface area (Å²) < 4.78 is 47.9. The third-order valence-electron chi connectivity index (χ3n) is 4.00. The Morgan fingerprint density at radius 2 is 2.04 bits per heavy atom. The van der Waals surface area contributed by atoms with E-state index in [0.29, 0.717) is 15.4 Å². The van der Waals surface area contributed by atoms with E-state index >= 15 is 0 Å². The molecule has 0 saturated carbocycles. The molecule has 1 fully saturated rings. The summed E-state index contributed by atoms with van der Waals surface area (Å²) in [5.41, 5.74) is 1.03. The van der Waals surface area contributed by atoms with Crippen molar-refractivity contribution in [1.29, 1.82) is 0 Å². The molecule has 0 N–H and O–H groups in total. The van der Waals surface area contributed by atoms with E-state index in [9.17, 15) is 13.2 Å². The topological polar surface area (TPSA) is 21.7 Å². The summed E-state index contributed by atoms with van der Waals surface area (Å²) in [5.74, 6) is 0.502. The van der Waals surface area contributed by atoms with Gasteiger partial charge in [0.15, 0.2) is 18.1 Å². The van der Waals surface area contributed by atoms with Gasteiger partial charge in [-0.05, 0) is 66.6 Å². The molecule has 23 heavy (non-hydrogen) atoms. The predicted octanol–water partition coefficient (Wildman–Crippen LogP) is 4.62. The number of halogens is 4. The van der Waals surface area contributed by atoms with Crippen LogP contribution < -0.4 is 9.47 Å². The maximum absolute atomic E-state index is 12.4. The lowest BCUT2D eigenvalue weighted by molar-refractivity contribution is -0.153. The predicted molar refractivity (Wildman–Crippen MR) is 91.0 cm³/mol. The van der Waals surface area contributed by atoms with Crippen LogP contribution in [0.1, 0.15) is 31.7 Å². The third-order valence-corrected chi connectivity index (χ3v) is 4.80. The van der Waals surface area contributed by atoms with E-state index in [1.54, 1.807) is 6.07 Å². The highest BCUT2D eigenvalue weighted by Gasteiger charge is 2.29. The van der Waals surface area contributed by atoms with Gasteiger partial charge in [-0.25, -0.2) is 0 Å². The average Bonchev–Trinajstić information content (AvgIpc) is 2.47. The van der Waals surface area contributed by atoms with Gasteiger partial charge in [0.1, 0.15) is 0 Å². The fraction of sp³-hybridized carbons (Fsp3) is 0.625. The first-order valence-electron chi connectivity index (χ1n) is 7.60. The Morgan fingerprint density at radius 1 is 1.30 bits per heavy atom. The van der Waals surface area contributed by atoms with Gasteiger partial charge >= 0.3 is 6.18 Å². The standard InChI is InChI=1S/C16H21F3INO2/c1-11-5-3-4-6-21(11)9-12-7-13(20)15(14(8-12)22-2)23-10-16(17,18)19/h7-8,11H,3-6,9-10H2,1-2H3. The zero-order chi connectivity index (χ0) is 17.0. The summed E-state index contributed by atoms with van der Waals surface area (Å²) in [4.78, 5) is 2.39. The summed E-state index contributed by atoms with van der Waals surface area (Å²) in [6.07, 6.45) is -0.745. The van der Waals surface area contributed by atoms with Gasteiger partial charge in [0.2, 0.25) is 0 Å². The second-order valence-electron chi connectivity index (χ2n) is 5.83. The quantitative estimate of drug-likeness (QED) is 0.621. The Morgan fingerprint density at radius 3 is 2.65 bits per heavy atom. The molecule has 1 aromatic carbocycles. The lowest BCUT2D eigenvalue weighted by Crippen LogP contribution is -2.36. The molecular formula is C16H21F3INO2. The van der Waals surface area contributed by atoms with Crippen LogP contribution >= 0.6 is 22.6 Å². The molecule has 1 aromatic rings. The number of rotatable bonds is 5. The molecule has 1 aliphatic rings. The lowest BCUT2D eigenvalue weighted by Gasteiger charge is -2.33. The van der Waals surface area contributed by atoms with E-state index in [4.69, 9.17) is 9.47 Å². The van der Waals surface area contributed by atoms with Gasteiger partial charge in [-0.15, -0.1) is 0 Å². The van der Waals surface area contributed by atoms with Gasteiger partial charge in [0.25, 0.3) is 0 Å². The molecule has 130 valence electrons. The Bertz CT molecular complexity index is 537. The first-order valence-corrected chi connectivity index (χ1v) is 8.68. The molecule has 1 saturated heterocycles. The molecule has 1 aliphatic heterocycles. The van der Waals surface area contributed by atoms with Crippen LogP contribution in [0.5, 0.6) is 11.5 Å². The van der Waals surface area contributed by atoms with Gasteiger partial charge in [-0.3, -0.25) is 4.90 Å². The van der Waals surface area contributed by atoms with Crippen LogP contribution in [0.2, 0.25) is 0 Å². The van der Waals surface area contributed by atoms with E-state index in [1.807, 2.05) is 28.7 Å². The highest BCUT2D eigenvalue weighted by molar-refractivity contribution is 14.1. The summed E-state index contributed by atoms with van der Waals surface area (Å²) in [7, 11) is 1.44. The third kappa shape index (κ3) is 5.41. The van der Waals surface area contributed by atoms with Crippen molar-refractivity contribution in [2.45, 2.75) is 44.9 Å². The second-order valence-corrected chi connectivity index (χ2v) is 6.99. The molecule has 3 nitrogen and oxygen atoms in total. The maximum Gasteiger partial charge on any atom is 0.422 e. The van der Waals surface area contributed by atoms with Crippen molar-refractivity contribution < 1.29 is 22.6 Å². The van der Waals surface area contributed by atoms with Gasteiger partial charge in [0, 0.05) is 12.6 Å². The normalized spacial score (nSPS) is 19.7. The number of hydrogen-bond acceptors (Lipinski definition) is 3. The average molecular weight is 443 g/mol. The largest absolute Gasteiger partial charge is 0.493 e. The summed E-state index contributed by atoms with van der Waals surface area (Å²) in [5, 5.41) is 0. The number of nitrogens with zero attached hydrogens (tertiary/aromatic N) is 1. The van der Waals surface area contributed by atoms with Crippen molar-refractivity contribution in [2.24, 2.45) is 0 Å². The first kappa shape index (κ1) is 18.6. The Balaban J connectivity index is 2.15. The van der Waals surface area contributed by atoms with Crippen LogP contribution in [-0.4, -0.2) is 37.4 Å². The minimum Gasteiger partial charge on any atom is -0.493 e. The smallest absolute Gasteiger partial charge is 0.422 e. The number of alkyl halides is 3. The Hall–Kier alpha value is -0.700. The van der Waals surface area contributed by atoms with Crippen LogP contribution in [0.4, 0.5) is 13.2 Å². The van der Waals surface area contributed by atoms with E-state index in [2.05, 4.69) is 11.8 Å². The fourth-order valence-corrected chi connectivity index (χ4v) is 3.61. The van der Waals surface area contributed by atoms with E-state index in [0.717, 1.165) is 18.7 Å². The van der Waals surface area contributed by atoms with Crippen LogP contribution in [0.3, 0.4) is 0 Å². The van der Waals surface area contributed by atoms with Crippen LogP contribution in [0, 0.1) is 3.57 Å². The SMILES string of the molecule is COc1cc(CN2CCCCC2C)cc(I)c1OCC(F)(F)F. The number of hydrogen-bond donors (Lipinski definition) is 0. The molecule has 2 rings (SSSR count). The van der Waals surface area contributed by atoms with Crippen LogP contribution in [-0.2, 0) is 6.54 Å². The Kier molecular flexibility index (Phi) is 6.41. The molecule has 0 aromatic heterocycles. The van der Waals surface area contributed by atoms with Crippen molar-refractivity contribution in [3.05, 3.63) is 21.3 Å². The number of likely N-dealkylation sites (tertiary alicyclic amines) is 1. The molecular weight excluding hydrogens is 422 g/mol. The van der Waals surface area contributed by atoms with Gasteiger partial charge < -0.3 is 9.47 Å². The summed E-state index contributed by atoms with van der Waals surface area (Å²) >= 11 is 2.00. The van der Waals surface area contributed by atoms with Crippen molar-refractivity contribution in [1.82, 2.24) is 4.90 Å². The molecule has 0 aliphatic carbocycles. The fourth-order valence-electron chi connectivity index (χ4n) is 2.79. The molecule has 0 bridgehead atoms. The molecule has 1 heterocycles. The van der Waals surface area contributed by atoms with E-state index in [-0.39, 0.29) is 5.75 Å². The maximum atomic E-state index is 12.4. The summed E-state index contributed by atoms with van der Waals surface area (Å²) in [6.45, 7) is 2.71. The van der Waals surface area contributed by atoms with Crippen molar-refractivity contribution in [3.63, 3.8) is 0 Å². The molecule has 0 spiro atoms. The van der Waals surface area contributed by atoms with Gasteiger partial charge in [-0.1, -0.05) is 6.42 Å². The van der Waals surface area contributed by atoms with Crippen molar-refractivity contribution in [2.75, 3.05) is 20.3 Å². The highest BCUT2D eigenvalue weighted by Crippen LogP contribution is 2.35. The van der Waals surface area contributed by atoms with Crippen molar-refractivity contribution >= 4 is 22.6 Å². The first-order chi connectivity index (χ1) is 10.8. The number of methoxy groups -OCH3 is 1. The highest BCUT2D eigenvalue weighted by atomic mass is 127. The number of benzene rings is 1. The van der Waals surface area contributed by atoms with E-state index < -0.39 is 12.8 Å². The monoisotopic (exact) mass is 443 g/mol. The number of ether oxygens (including phenoxy) is 2. The lowest BCUT2D eigenvalue weighted by atomic mass is 10.0.